The van der Waals surface area contributed by atoms with Crippen LogP contribution in [0, 0.1) is 5.82 Å². The van der Waals surface area contributed by atoms with E-state index in [0.717, 1.165) is 24.0 Å². The highest BCUT2D eigenvalue weighted by Gasteiger charge is 2.24. The highest BCUT2D eigenvalue weighted by molar-refractivity contribution is 5.74. The first-order valence-electron chi connectivity index (χ1n) is 8.66. The molecule has 4 nitrogen and oxygen atoms in total. The highest BCUT2D eigenvalue weighted by Crippen LogP contribution is 2.27. The van der Waals surface area contributed by atoms with Crippen LogP contribution in [0.1, 0.15) is 30.1 Å². The molecule has 1 aliphatic heterocycles. The molecular weight excluding hydrogens is 319 g/mol. The molecule has 5 heteroatoms. The fourth-order valence-corrected chi connectivity index (χ4v) is 3.08. The lowest BCUT2D eigenvalue weighted by atomic mass is 9.97. The van der Waals surface area contributed by atoms with Crippen molar-refractivity contribution in [1.29, 1.82) is 0 Å². The summed E-state index contributed by atoms with van der Waals surface area (Å²) in [5.74, 6) is -0.254. The monoisotopic (exact) mass is 342 g/mol. The van der Waals surface area contributed by atoms with Gasteiger partial charge in [0.25, 0.3) is 0 Å². The third kappa shape index (κ3) is 5.29. The molecule has 2 aromatic carbocycles. The molecular formula is C20H23FN2O2. The van der Waals surface area contributed by atoms with Crippen LogP contribution in [0.4, 0.5) is 9.18 Å². The molecule has 25 heavy (non-hydrogen) atoms. The van der Waals surface area contributed by atoms with Crippen LogP contribution < -0.4 is 10.6 Å². The Morgan fingerprint density at radius 2 is 2.00 bits per heavy atom. The van der Waals surface area contributed by atoms with E-state index in [1.165, 1.54) is 12.1 Å². The molecule has 2 amide bonds. The van der Waals surface area contributed by atoms with Gasteiger partial charge in [0.2, 0.25) is 0 Å². The van der Waals surface area contributed by atoms with Gasteiger partial charge in [-0.15, -0.1) is 0 Å². The van der Waals surface area contributed by atoms with Crippen molar-refractivity contribution in [2.75, 3.05) is 13.2 Å². The minimum absolute atomic E-state index is 0.0209. The normalized spacial score (nSPS) is 20.0. The molecule has 0 spiro atoms. The summed E-state index contributed by atoms with van der Waals surface area (Å²) in [6.45, 7) is 1.11. The zero-order valence-corrected chi connectivity index (χ0v) is 14.1. The van der Waals surface area contributed by atoms with Crippen LogP contribution in [0.3, 0.4) is 0 Å². The Kier molecular flexibility index (Phi) is 6.01. The summed E-state index contributed by atoms with van der Waals surface area (Å²) in [5, 5.41) is 5.85. The average molecular weight is 342 g/mol. The SMILES string of the molecule is O=C(NCCc1cccc(F)c1)N[C@H]1CCO[C@H](c2ccccc2)C1. The van der Waals surface area contributed by atoms with Gasteiger partial charge in [0.1, 0.15) is 5.82 Å². The van der Waals surface area contributed by atoms with Crippen molar-refractivity contribution in [2.45, 2.75) is 31.4 Å². The first-order valence-corrected chi connectivity index (χ1v) is 8.66. The topological polar surface area (TPSA) is 50.4 Å². The second kappa shape index (κ2) is 8.62. The van der Waals surface area contributed by atoms with Crippen LogP contribution in [-0.2, 0) is 11.2 Å². The quantitative estimate of drug-likeness (QED) is 0.872. The summed E-state index contributed by atoms with van der Waals surface area (Å²) in [5.41, 5.74) is 2.01. The van der Waals surface area contributed by atoms with E-state index in [1.54, 1.807) is 6.07 Å². The molecule has 0 saturated carbocycles. The Balaban J connectivity index is 1.43. The van der Waals surface area contributed by atoms with Crippen molar-refractivity contribution in [3.05, 3.63) is 71.5 Å². The Morgan fingerprint density at radius 1 is 1.16 bits per heavy atom. The van der Waals surface area contributed by atoms with E-state index in [4.69, 9.17) is 4.74 Å². The smallest absolute Gasteiger partial charge is 0.315 e. The lowest BCUT2D eigenvalue weighted by molar-refractivity contribution is 0.00227. The van der Waals surface area contributed by atoms with Crippen molar-refractivity contribution in [3.63, 3.8) is 0 Å². The largest absolute Gasteiger partial charge is 0.373 e. The zero-order chi connectivity index (χ0) is 17.5. The third-order valence-electron chi connectivity index (χ3n) is 4.38. The number of halogens is 1. The number of hydrogen-bond acceptors (Lipinski definition) is 2. The summed E-state index contributed by atoms with van der Waals surface area (Å²) < 4.78 is 18.9. The molecule has 1 saturated heterocycles. The molecule has 1 heterocycles. The van der Waals surface area contributed by atoms with Gasteiger partial charge in [-0.1, -0.05) is 42.5 Å². The van der Waals surface area contributed by atoms with Crippen LogP contribution in [0.5, 0.6) is 0 Å². The maximum absolute atomic E-state index is 13.1. The van der Waals surface area contributed by atoms with E-state index in [0.29, 0.717) is 19.6 Å². The number of ether oxygens (including phenoxy) is 1. The predicted molar refractivity (Wildman–Crippen MR) is 94.8 cm³/mol. The molecule has 0 aromatic heterocycles. The van der Waals surface area contributed by atoms with Crippen LogP contribution >= 0.6 is 0 Å². The lowest BCUT2D eigenvalue weighted by Gasteiger charge is -2.30. The first-order chi connectivity index (χ1) is 12.2. The van der Waals surface area contributed by atoms with Crippen molar-refractivity contribution >= 4 is 6.03 Å². The fourth-order valence-electron chi connectivity index (χ4n) is 3.08. The Hall–Kier alpha value is -2.40. The van der Waals surface area contributed by atoms with Gasteiger partial charge >= 0.3 is 6.03 Å². The van der Waals surface area contributed by atoms with Crippen molar-refractivity contribution in [3.8, 4) is 0 Å². The standard InChI is InChI=1S/C20H23FN2O2/c21-17-8-4-5-15(13-17)9-11-22-20(24)23-18-10-12-25-19(14-18)16-6-2-1-3-7-16/h1-8,13,18-19H,9-12,14H2,(H2,22,23,24)/t18-,19-/m0/s1. The Morgan fingerprint density at radius 3 is 2.80 bits per heavy atom. The maximum atomic E-state index is 13.1. The van der Waals surface area contributed by atoms with Crippen LogP contribution in [0.15, 0.2) is 54.6 Å². The molecule has 0 aliphatic carbocycles. The molecule has 1 aliphatic rings. The summed E-state index contributed by atoms with van der Waals surface area (Å²) in [4.78, 5) is 12.1. The number of carbonyl (C=O) groups is 1. The van der Waals surface area contributed by atoms with Crippen molar-refractivity contribution < 1.29 is 13.9 Å². The van der Waals surface area contributed by atoms with Gasteiger partial charge in [-0.2, -0.15) is 0 Å². The van der Waals surface area contributed by atoms with Crippen molar-refractivity contribution in [2.24, 2.45) is 0 Å². The third-order valence-corrected chi connectivity index (χ3v) is 4.38. The fraction of sp³-hybridized carbons (Fsp3) is 0.350. The number of hydrogen-bond donors (Lipinski definition) is 2. The molecule has 1 fully saturated rings. The predicted octanol–water partition coefficient (Wildman–Crippen LogP) is 3.59. The second-order valence-electron chi connectivity index (χ2n) is 6.27. The van der Waals surface area contributed by atoms with E-state index < -0.39 is 0 Å². The van der Waals surface area contributed by atoms with Gasteiger partial charge in [-0.25, -0.2) is 9.18 Å². The van der Waals surface area contributed by atoms with Crippen molar-refractivity contribution in [1.82, 2.24) is 10.6 Å². The minimum atomic E-state index is -0.254. The highest BCUT2D eigenvalue weighted by atomic mass is 19.1. The van der Waals surface area contributed by atoms with E-state index in [9.17, 15) is 9.18 Å². The van der Waals surface area contributed by atoms with Gasteiger partial charge in [0.05, 0.1) is 6.10 Å². The van der Waals surface area contributed by atoms with Gasteiger partial charge in [-0.3, -0.25) is 0 Å². The van der Waals surface area contributed by atoms with E-state index >= 15 is 0 Å². The van der Waals surface area contributed by atoms with E-state index in [1.807, 2.05) is 36.4 Å². The van der Waals surface area contributed by atoms with Gasteiger partial charge in [0.15, 0.2) is 0 Å². The zero-order valence-electron chi connectivity index (χ0n) is 14.1. The number of urea groups is 1. The average Bonchev–Trinajstić information content (AvgIpc) is 2.63. The van der Waals surface area contributed by atoms with Gasteiger partial charge in [0, 0.05) is 19.2 Å². The summed E-state index contributed by atoms with van der Waals surface area (Å²) in [6, 6.07) is 16.4. The number of amides is 2. The molecule has 2 atom stereocenters. The minimum Gasteiger partial charge on any atom is -0.373 e. The molecule has 2 aromatic rings. The molecule has 132 valence electrons. The van der Waals surface area contributed by atoms with Gasteiger partial charge < -0.3 is 15.4 Å². The van der Waals surface area contributed by atoms with Gasteiger partial charge in [-0.05, 0) is 42.5 Å². The van der Waals surface area contributed by atoms with Crippen LogP contribution in [0.2, 0.25) is 0 Å². The summed E-state index contributed by atoms with van der Waals surface area (Å²) in [7, 11) is 0. The molecule has 0 unspecified atom stereocenters. The van der Waals surface area contributed by atoms with E-state index in [2.05, 4.69) is 10.6 Å². The first kappa shape index (κ1) is 17.4. The van der Waals surface area contributed by atoms with Crippen LogP contribution in [-0.4, -0.2) is 25.2 Å². The maximum Gasteiger partial charge on any atom is 0.315 e. The second-order valence-corrected chi connectivity index (χ2v) is 6.27. The number of rotatable bonds is 5. The summed E-state index contributed by atoms with van der Waals surface area (Å²) in [6.07, 6.45) is 2.20. The summed E-state index contributed by atoms with van der Waals surface area (Å²) >= 11 is 0. The molecule has 3 rings (SSSR count). The molecule has 0 bridgehead atoms. The number of benzene rings is 2. The van der Waals surface area contributed by atoms with Crippen LogP contribution in [0.25, 0.3) is 0 Å². The Labute approximate surface area is 147 Å². The number of nitrogens with one attached hydrogen (secondary N) is 2. The molecule has 0 radical (unpaired) electrons. The number of carbonyl (C=O) groups excluding carboxylic acids is 1. The lowest BCUT2D eigenvalue weighted by Crippen LogP contribution is -2.45. The Bertz CT molecular complexity index is 693. The van der Waals surface area contributed by atoms with E-state index in [-0.39, 0.29) is 24.0 Å². The molecule has 2 N–H and O–H groups in total.